The van der Waals surface area contributed by atoms with E-state index in [1.165, 1.54) is 19.2 Å². The summed E-state index contributed by atoms with van der Waals surface area (Å²) in [6.07, 6.45) is 1.13. The van der Waals surface area contributed by atoms with Gasteiger partial charge in [0, 0.05) is 22.9 Å². The van der Waals surface area contributed by atoms with E-state index in [-0.39, 0.29) is 24.1 Å². The number of hydrogen-bond acceptors (Lipinski definition) is 7. The number of allylic oxidation sites excluding steroid dienone is 3. The van der Waals surface area contributed by atoms with Gasteiger partial charge in [0.2, 0.25) is 0 Å². The maximum atomic E-state index is 13.5. The van der Waals surface area contributed by atoms with E-state index in [2.05, 4.69) is 5.32 Å². The zero-order valence-corrected chi connectivity index (χ0v) is 17.7. The zero-order chi connectivity index (χ0) is 22.0. The van der Waals surface area contributed by atoms with Crippen LogP contribution in [0.1, 0.15) is 45.1 Å². The second-order valence-corrected chi connectivity index (χ2v) is 7.77. The van der Waals surface area contributed by atoms with Crippen LogP contribution in [-0.2, 0) is 23.9 Å². The summed E-state index contributed by atoms with van der Waals surface area (Å²) in [4.78, 5) is 38.8. The van der Waals surface area contributed by atoms with Gasteiger partial charge in [0.05, 0.1) is 19.3 Å². The van der Waals surface area contributed by atoms with E-state index in [0.29, 0.717) is 40.9 Å². The number of benzene rings is 1. The highest BCUT2D eigenvalue weighted by Crippen LogP contribution is 2.45. The summed E-state index contributed by atoms with van der Waals surface area (Å²) < 4.78 is 10.3. The number of esters is 2. The number of phenolic OH excluding ortho intramolecular Hbond substituents is 1. The predicted molar refractivity (Wildman–Crippen MR) is 109 cm³/mol. The molecule has 1 heterocycles. The van der Waals surface area contributed by atoms with Gasteiger partial charge >= 0.3 is 11.9 Å². The summed E-state index contributed by atoms with van der Waals surface area (Å²) >= 11 is 0. The first-order valence-electron chi connectivity index (χ1n) is 10.1. The van der Waals surface area contributed by atoms with Crippen molar-refractivity contribution in [2.24, 2.45) is 11.8 Å². The Labute approximate surface area is 175 Å². The molecule has 0 fully saturated rings. The van der Waals surface area contributed by atoms with E-state index in [1.54, 1.807) is 19.1 Å². The van der Waals surface area contributed by atoms with E-state index in [1.807, 2.05) is 13.8 Å². The fourth-order valence-electron chi connectivity index (χ4n) is 4.26. The van der Waals surface area contributed by atoms with E-state index >= 15 is 0 Å². The molecule has 0 spiro atoms. The molecule has 30 heavy (non-hydrogen) atoms. The Hall–Kier alpha value is -3.09. The minimum atomic E-state index is -0.943. The van der Waals surface area contributed by atoms with Crippen LogP contribution in [0.4, 0.5) is 0 Å². The number of methoxy groups -OCH3 is 1. The number of carbonyl (C=O) groups is 3. The van der Waals surface area contributed by atoms with E-state index in [4.69, 9.17) is 9.47 Å². The summed E-state index contributed by atoms with van der Waals surface area (Å²) in [6.45, 7) is 5.75. The lowest BCUT2D eigenvalue weighted by Crippen LogP contribution is -2.43. The molecule has 0 radical (unpaired) electrons. The van der Waals surface area contributed by atoms with Crippen LogP contribution in [-0.4, -0.2) is 36.5 Å². The first-order valence-corrected chi connectivity index (χ1v) is 10.1. The summed E-state index contributed by atoms with van der Waals surface area (Å²) in [5.41, 5.74) is 2.52. The number of phenols is 1. The van der Waals surface area contributed by atoms with Gasteiger partial charge in [-0.25, -0.2) is 4.79 Å². The Bertz CT molecular complexity index is 945. The average molecular weight is 413 g/mol. The van der Waals surface area contributed by atoms with Gasteiger partial charge < -0.3 is 19.9 Å². The normalized spacial score (nSPS) is 23.6. The van der Waals surface area contributed by atoms with Crippen molar-refractivity contribution in [2.45, 2.75) is 39.5 Å². The summed E-state index contributed by atoms with van der Waals surface area (Å²) in [6, 6.07) is 6.46. The maximum Gasteiger partial charge on any atom is 0.336 e. The monoisotopic (exact) mass is 413 g/mol. The van der Waals surface area contributed by atoms with Crippen LogP contribution >= 0.6 is 0 Å². The molecule has 1 aliphatic carbocycles. The van der Waals surface area contributed by atoms with Crippen LogP contribution in [0.25, 0.3) is 0 Å². The van der Waals surface area contributed by atoms with Gasteiger partial charge in [-0.2, -0.15) is 0 Å². The number of rotatable bonds is 5. The molecule has 0 amide bonds. The third-order valence-corrected chi connectivity index (χ3v) is 5.60. The molecule has 160 valence electrons. The minimum Gasteiger partial charge on any atom is -0.508 e. The average Bonchev–Trinajstić information content (AvgIpc) is 2.70. The first-order chi connectivity index (χ1) is 14.3. The molecule has 0 saturated carbocycles. The number of dihydropyridines is 1. The van der Waals surface area contributed by atoms with Crippen LogP contribution < -0.4 is 5.32 Å². The highest BCUT2D eigenvalue weighted by molar-refractivity contribution is 6.12. The molecule has 1 aliphatic heterocycles. The van der Waals surface area contributed by atoms with Crippen LogP contribution in [0.5, 0.6) is 5.75 Å². The lowest BCUT2D eigenvalue weighted by atomic mass is 9.69. The second kappa shape index (κ2) is 8.73. The van der Waals surface area contributed by atoms with E-state index in [9.17, 15) is 19.5 Å². The second-order valence-electron chi connectivity index (χ2n) is 7.77. The fraction of sp³-hybridized carbons (Fsp3) is 0.435. The summed E-state index contributed by atoms with van der Waals surface area (Å²) in [5.74, 6) is -3.40. The molecule has 3 atom stereocenters. The summed E-state index contributed by atoms with van der Waals surface area (Å²) in [7, 11) is 1.26. The highest BCUT2D eigenvalue weighted by Gasteiger charge is 2.47. The fourth-order valence-corrected chi connectivity index (χ4v) is 4.26. The molecule has 1 aromatic rings. The molecule has 7 nitrogen and oxygen atoms in total. The first kappa shape index (κ1) is 21.6. The van der Waals surface area contributed by atoms with Gasteiger partial charge in [0.15, 0.2) is 5.78 Å². The van der Waals surface area contributed by atoms with E-state index < -0.39 is 23.8 Å². The Morgan fingerprint density at radius 2 is 2.03 bits per heavy atom. The molecule has 0 unspecified atom stereocenters. The minimum absolute atomic E-state index is 0.0215. The van der Waals surface area contributed by atoms with Crippen molar-refractivity contribution < 1.29 is 29.0 Å². The standard InChI is InChI=1S/C23H27NO6/c1-5-9-30-23(28)18-13(3)24-16-10-12(2)17(22(27)29-4)21(26)20(16)19(18)14-7-6-8-15(25)11-14/h6-8,11-12,17,19,24-25H,5,9-10H2,1-4H3/t12-,17+,19-/m0/s1. The van der Waals surface area contributed by atoms with Crippen molar-refractivity contribution in [1.82, 2.24) is 5.32 Å². The van der Waals surface area contributed by atoms with Crippen LogP contribution in [0.15, 0.2) is 46.8 Å². The van der Waals surface area contributed by atoms with Crippen molar-refractivity contribution in [3.05, 3.63) is 52.4 Å². The Balaban J connectivity index is 2.16. The molecule has 0 aromatic heterocycles. The Kier molecular flexibility index (Phi) is 6.29. The molecular weight excluding hydrogens is 386 g/mol. The largest absolute Gasteiger partial charge is 0.508 e. The number of hydrogen-bond donors (Lipinski definition) is 2. The zero-order valence-electron chi connectivity index (χ0n) is 17.7. The number of Topliss-reactive ketones (excluding diaryl/α,β-unsaturated/α-hetero) is 1. The van der Waals surface area contributed by atoms with Crippen LogP contribution in [0.3, 0.4) is 0 Å². The Morgan fingerprint density at radius 3 is 2.67 bits per heavy atom. The molecule has 2 N–H and O–H groups in total. The SMILES string of the molecule is CCCOC(=O)C1=C(C)NC2=C(C(=O)[C@H](C(=O)OC)[C@@H](C)C2)[C@H]1c1cccc(O)c1. The lowest BCUT2D eigenvalue weighted by Gasteiger charge is -2.38. The number of carbonyl (C=O) groups excluding carboxylic acids is 3. The predicted octanol–water partition coefficient (Wildman–Crippen LogP) is 2.96. The lowest BCUT2D eigenvalue weighted by molar-refractivity contribution is -0.151. The number of nitrogens with one attached hydrogen (secondary N) is 1. The topological polar surface area (TPSA) is 102 Å². The molecule has 3 rings (SSSR count). The van der Waals surface area contributed by atoms with Crippen LogP contribution in [0, 0.1) is 11.8 Å². The third-order valence-electron chi connectivity index (χ3n) is 5.60. The third kappa shape index (κ3) is 3.84. The quantitative estimate of drug-likeness (QED) is 0.565. The van der Waals surface area contributed by atoms with Crippen molar-refractivity contribution >= 4 is 17.7 Å². The van der Waals surface area contributed by atoms with Crippen molar-refractivity contribution in [1.29, 1.82) is 0 Å². The van der Waals surface area contributed by atoms with Gasteiger partial charge in [-0.1, -0.05) is 26.0 Å². The van der Waals surface area contributed by atoms with Gasteiger partial charge in [0.25, 0.3) is 0 Å². The molecule has 1 aromatic carbocycles. The molecule has 7 heteroatoms. The molecule has 0 saturated heterocycles. The summed E-state index contributed by atoms with van der Waals surface area (Å²) in [5, 5.41) is 13.2. The number of aromatic hydroxyl groups is 1. The van der Waals surface area contributed by atoms with Gasteiger partial charge in [0.1, 0.15) is 11.7 Å². The molecule has 0 bridgehead atoms. The molecular formula is C23H27NO6. The number of ketones is 1. The number of ether oxygens (including phenoxy) is 2. The highest BCUT2D eigenvalue weighted by atomic mass is 16.5. The van der Waals surface area contributed by atoms with Crippen molar-refractivity contribution in [3.63, 3.8) is 0 Å². The van der Waals surface area contributed by atoms with E-state index in [0.717, 1.165) is 0 Å². The van der Waals surface area contributed by atoms with Crippen molar-refractivity contribution in [3.8, 4) is 5.75 Å². The van der Waals surface area contributed by atoms with Gasteiger partial charge in [-0.3, -0.25) is 9.59 Å². The Morgan fingerprint density at radius 1 is 1.30 bits per heavy atom. The maximum absolute atomic E-state index is 13.5. The van der Waals surface area contributed by atoms with Crippen molar-refractivity contribution in [2.75, 3.05) is 13.7 Å². The van der Waals surface area contributed by atoms with Gasteiger partial charge in [-0.15, -0.1) is 0 Å². The van der Waals surface area contributed by atoms with Crippen LogP contribution in [0.2, 0.25) is 0 Å². The molecule has 2 aliphatic rings. The van der Waals surface area contributed by atoms with Gasteiger partial charge in [-0.05, 0) is 43.4 Å². The smallest absolute Gasteiger partial charge is 0.336 e.